The van der Waals surface area contributed by atoms with E-state index in [1.807, 2.05) is 36.4 Å². The number of aliphatic hydroxyl groups is 1. The minimum atomic E-state index is 0.0585. The van der Waals surface area contributed by atoms with E-state index in [-0.39, 0.29) is 6.61 Å². The molecule has 0 aliphatic rings. The zero-order valence-electron chi connectivity index (χ0n) is 8.48. The van der Waals surface area contributed by atoms with Crippen molar-refractivity contribution in [3.05, 3.63) is 71.3 Å². The van der Waals surface area contributed by atoms with Crippen molar-refractivity contribution < 1.29 is 5.11 Å². The van der Waals surface area contributed by atoms with Crippen LogP contribution < -0.4 is 0 Å². The van der Waals surface area contributed by atoms with Crippen molar-refractivity contribution in [3.8, 4) is 0 Å². The fourth-order valence-electron chi connectivity index (χ4n) is 1.63. The van der Waals surface area contributed by atoms with Crippen molar-refractivity contribution in [2.45, 2.75) is 13.0 Å². The summed E-state index contributed by atoms with van der Waals surface area (Å²) in [6.07, 6.45) is 0.855. The van der Waals surface area contributed by atoms with Gasteiger partial charge in [-0.25, -0.2) is 0 Å². The Morgan fingerprint density at radius 2 is 1.80 bits per heavy atom. The summed E-state index contributed by atoms with van der Waals surface area (Å²) in [6, 6.07) is 19.1. The molecule has 15 heavy (non-hydrogen) atoms. The van der Waals surface area contributed by atoms with E-state index >= 15 is 0 Å². The lowest BCUT2D eigenvalue weighted by Gasteiger charge is -2.06. The molecule has 0 saturated carbocycles. The third-order valence-corrected chi connectivity index (χ3v) is 2.43. The van der Waals surface area contributed by atoms with Gasteiger partial charge in [-0.2, -0.15) is 0 Å². The standard InChI is InChI=1S/C14H13O/c15-11-14-9-5-4-8-13(14)10-12-6-2-1-3-7-12/h1-8,15H,10-11H2. The molecule has 75 valence electrons. The van der Waals surface area contributed by atoms with Gasteiger partial charge in [0.2, 0.25) is 0 Å². The first-order valence-corrected chi connectivity index (χ1v) is 5.03. The van der Waals surface area contributed by atoms with Gasteiger partial charge in [0.15, 0.2) is 0 Å². The molecule has 0 aliphatic carbocycles. The maximum atomic E-state index is 9.17. The van der Waals surface area contributed by atoms with Gasteiger partial charge in [-0.15, -0.1) is 0 Å². The van der Waals surface area contributed by atoms with E-state index in [9.17, 15) is 0 Å². The van der Waals surface area contributed by atoms with Crippen LogP contribution in [0.1, 0.15) is 16.7 Å². The lowest BCUT2D eigenvalue weighted by molar-refractivity contribution is 0.280. The van der Waals surface area contributed by atoms with E-state index in [0.717, 1.165) is 17.5 Å². The Morgan fingerprint density at radius 3 is 2.53 bits per heavy atom. The maximum absolute atomic E-state index is 9.17. The molecule has 0 unspecified atom stereocenters. The van der Waals surface area contributed by atoms with Crippen LogP contribution in [-0.2, 0) is 13.0 Å². The predicted octanol–water partition coefficient (Wildman–Crippen LogP) is 2.57. The van der Waals surface area contributed by atoms with Crippen molar-refractivity contribution in [2.24, 2.45) is 0 Å². The van der Waals surface area contributed by atoms with Crippen LogP contribution in [0.15, 0.2) is 48.5 Å². The molecule has 1 N–H and O–H groups in total. The summed E-state index contributed by atoms with van der Waals surface area (Å²) < 4.78 is 0. The Balaban J connectivity index is 2.24. The SMILES string of the molecule is OCc1[c]cccc1Cc1ccccc1. The van der Waals surface area contributed by atoms with Gasteiger partial charge in [0.05, 0.1) is 6.61 Å². The van der Waals surface area contributed by atoms with Gasteiger partial charge in [0.1, 0.15) is 0 Å². The molecular weight excluding hydrogens is 184 g/mol. The van der Waals surface area contributed by atoms with Crippen LogP contribution in [0.25, 0.3) is 0 Å². The smallest absolute Gasteiger partial charge is 0.0690 e. The molecule has 2 rings (SSSR count). The summed E-state index contributed by atoms with van der Waals surface area (Å²) in [5.41, 5.74) is 3.29. The second kappa shape index (κ2) is 4.76. The Kier molecular flexibility index (Phi) is 3.15. The highest BCUT2D eigenvalue weighted by Gasteiger charge is 2.01. The zero-order chi connectivity index (χ0) is 10.5. The van der Waals surface area contributed by atoms with Crippen molar-refractivity contribution in [1.29, 1.82) is 0 Å². The van der Waals surface area contributed by atoms with Crippen LogP contribution in [0.5, 0.6) is 0 Å². The van der Waals surface area contributed by atoms with Crippen molar-refractivity contribution in [2.75, 3.05) is 0 Å². The Morgan fingerprint density at radius 1 is 1.00 bits per heavy atom. The maximum Gasteiger partial charge on any atom is 0.0690 e. The first kappa shape index (κ1) is 9.94. The van der Waals surface area contributed by atoms with Gasteiger partial charge < -0.3 is 5.11 Å². The number of aliphatic hydroxyl groups excluding tert-OH is 1. The summed E-state index contributed by atoms with van der Waals surface area (Å²) in [5.74, 6) is 0. The summed E-state index contributed by atoms with van der Waals surface area (Å²) in [7, 11) is 0. The quantitative estimate of drug-likeness (QED) is 0.801. The molecule has 0 aromatic heterocycles. The predicted molar refractivity (Wildman–Crippen MR) is 60.4 cm³/mol. The molecule has 0 bridgehead atoms. The normalized spacial score (nSPS) is 10.2. The van der Waals surface area contributed by atoms with Crippen molar-refractivity contribution >= 4 is 0 Å². The largest absolute Gasteiger partial charge is 0.392 e. The second-order valence-electron chi connectivity index (χ2n) is 3.49. The third kappa shape index (κ3) is 2.45. The highest BCUT2D eigenvalue weighted by atomic mass is 16.3. The molecule has 0 heterocycles. The van der Waals surface area contributed by atoms with Crippen molar-refractivity contribution in [3.63, 3.8) is 0 Å². The molecule has 1 nitrogen and oxygen atoms in total. The summed E-state index contributed by atoms with van der Waals surface area (Å²) >= 11 is 0. The van der Waals surface area contributed by atoms with Gasteiger partial charge in [-0.3, -0.25) is 0 Å². The number of hydrogen-bond donors (Lipinski definition) is 1. The van der Waals surface area contributed by atoms with Crippen LogP contribution in [0.3, 0.4) is 0 Å². The first-order valence-electron chi connectivity index (χ1n) is 5.03. The molecule has 0 atom stereocenters. The van der Waals surface area contributed by atoms with E-state index in [1.54, 1.807) is 0 Å². The Labute approximate surface area is 90.0 Å². The second-order valence-corrected chi connectivity index (χ2v) is 3.49. The molecule has 1 radical (unpaired) electrons. The van der Waals surface area contributed by atoms with Gasteiger partial charge in [0.25, 0.3) is 0 Å². The van der Waals surface area contributed by atoms with Crippen LogP contribution >= 0.6 is 0 Å². The van der Waals surface area contributed by atoms with Gasteiger partial charge in [-0.1, -0.05) is 48.5 Å². The van der Waals surface area contributed by atoms with E-state index in [2.05, 4.69) is 18.2 Å². The van der Waals surface area contributed by atoms with Gasteiger partial charge in [0, 0.05) is 0 Å². The molecule has 2 aromatic rings. The molecule has 0 fully saturated rings. The molecule has 0 aliphatic heterocycles. The number of rotatable bonds is 3. The van der Waals surface area contributed by atoms with Gasteiger partial charge in [-0.05, 0) is 29.2 Å². The molecule has 0 spiro atoms. The van der Waals surface area contributed by atoms with E-state index in [4.69, 9.17) is 5.11 Å². The molecule has 0 saturated heterocycles. The van der Waals surface area contributed by atoms with E-state index in [1.165, 1.54) is 5.56 Å². The minimum Gasteiger partial charge on any atom is -0.392 e. The summed E-state index contributed by atoms with van der Waals surface area (Å²) in [5, 5.41) is 9.17. The molecular formula is C14H13O. The summed E-state index contributed by atoms with van der Waals surface area (Å²) in [4.78, 5) is 0. The zero-order valence-corrected chi connectivity index (χ0v) is 8.48. The van der Waals surface area contributed by atoms with Crippen LogP contribution in [0, 0.1) is 6.07 Å². The molecule has 1 heteroatoms. The van der Waals surface area contributed by atoms with Gasteiger partial charge >= 0.3 is 0 Å². The molecule has 0 amide bonds. The monoisotopic (exact) mass is 197 g/mol. The number of benzene rings is 2. The molecule has 2 aromatic carbocycles. The summed E-state index contributed by atoms with van der Waals surface area (Å²) in [6.45, 7) is 0.0585. The minimum absolute atomic E-state index is 0.0585. The van der Waals surface area contributed by atoms with Crippen LogP contribution in [-0.4, -0.2) is 5.11 Å². The first-order chi connectivity index (χ1) is 7.40. The topological polar surface area (TPSA) is 20.2 Å². The average Bonchev–Trinajstić information content (AvgIpc) is 2.31. The highest BCUT2D eigenvalue weighted by molar-refractivity contribution is 5.31. The van der Waals surface area contributed by atoms with Crippen molar-refractivity contribution in [1.82, 2.24) is 0 Å². The van der Waals surface area contributed by atoms with Crippen LogP contribution in [0.4, 0.5) is 0 Å². The fourth-order valence-corrected chi connectivity index (χ4v) is 1.63. The highest BCUT2D eigenvalue weighted by Crippen LogP contribution is 2.13. The number of hydrogen-bond acceptors (Lipinski definition) is 1. The Hall–Kier alpha value is -1.60. The Bertz CT molecular complexity index is 420. The van der Waals surface area contributed by atoms with E-state index < -0.39 is 0 Å². The lowest BCUT2D eigenvalue weighted by Crippen LogP contribution is -1.95. The van der Waals surface area contributed by atoms with E-state index in [0.29, 0.717) is 0 Å². The fraction of sp³-hybridized carbons (Fsp3) is 0.143. The third-order valence-electron chi connectivity index (χ3n) is 2.43. The lowest BCUT2D eigenvalue weighted by atomic mass is 10.0. The average molecular weight is 197 g/mol. The van der Waals surface area contributed by atoms with Crippen LogP contribution in [0.2, 0.25) is 0 Å².